The fraction of sp³-hybridized carbons (Fsp3) is 0.333. The summed E-state index contributed by atoms with van der Waals surface area (Å²) in [6.07, 6.45) is -0.161. The maximum absolute atomic E-state index is 11.2. The quantitative estimate of drug-likeness (QED) is 0.567. The highest BCUT2D eigenvalue weighted by molar-refractivity contribution is 5.94. The molecule has 1 aromatic rings. The molecule has 8 heteroatoms. The number of primary amides is 1. The maximum Gasteiger partial charge on any atom is 0.305 e. The number of nitro benzene ring substituents is 1. The van der Waals surface area contributed by atoms with Crippen LogP contribution >= 0.6 is 0 Å². The molecule has 0 aliphatic heterocycles. The van der Waals surface area contributed by atoms with Crippen LogP contribution in [0.1, 0.15) is 23.7 Å². The molecule has 0 radical (unpaired) electrons. The number of carbonyl (C=O) groups is 2. The van der Waals surface area contributed by atoms with Crippen molar-refractivity contribution < 1.29 is 19.6 Å². The van der Waals surface area contributed by atoms with Gasteiger partial charge in [0.1, 0.15) is 5.69 Å². The summed E-state index contributed by atoms with van der Waals surface area (Å²) >= 11 is 0. The van der Waals surface area contributed by atoms with Crippen molar-refractivity contribution in [1.82, 2.24) is 0 Å². The third kappa shape index (κ3) is 3.67. The van der Waals surface area contributed by atoms with Crippen LogP contribution in [0.4, 0.5) is 11.4 Å². The van der Waals surface area contributed by atoms with Gasteiger partial charge in [0.15, 0.2) is 0 Å². The zero-order valence-corrected chi connectivity index (χ0v) is 10.9. The summed E-state index contributed by atoms with van der Waals surface area (Å²) < 4.78 is 0. The standard InChI is InChI=1S/C12H15N3O5/c1-2-14(6-5-11(16)17)10-7-8(12(13)18)3-4-9(10)15(19)20/h3-4,7H,2,5-6H2,1H3,(H2,13,18)(H,16,17). The van der Waals surface area contributed by atoms with Gasteiger partial charge in [-0.3, -0.25) is 19.7 Å². The summed E-state index contributed by atoms with van der Waals surface area (Å²) in [4.78, 5) is 33.7. The third-order valence-corrected chi connectivity index (χ3v) is 2.77. The third-order valence-electron chi connectivity index (χ3n) is 2.77. The van der Waals surface area contributed by atoms with E-state index in [1.54, 1.807) is 6.92 Å². The molecule has 0 aliphatic rings. The van der Waals surface area contributed by atoms with Gasteiger partial charge >= 0.3 is 5.97 Å². The van der Waals surface area contributed by atoms with Gasteiger partial charge in [0.25, 0.3) is 5.69 Å². The van der Waals surface area contributed by atoms with E-state index < -0.39 is 16.8 Å². The Balaban J connectivity index is 3.21. The second-order valence-electron chi connectivity index (χ2n) is 4.05. The summed E-state index contributed by atoms with van der Waals surface area (Å²) in [5.41, 5.74) is 5.29. The van der Waals surface area contributed by atoms with Crippen molar-refractivity contribution in [2.24, 2.45) is 5.73 Å². The number of anilines is 1. The van der Waals surface area contributed by atoms with E-state index in [0.29, 0.717) is 6.54 Å². The van der Waals surface area contributed by atoms with Crippen molar-refractivity contribution in [3.05, 3.63) is 33.9 Å². The normalized spacial score (nSPS) is 10.1. The molecule has 0 bridgehead atoms. The molecule has 0 aliphatic carbocycles. The van der Waals surface area contributed by atoms with Crippen LogP contribution in [0, 0.1) is 10.1 Å². The zero-order valence-electron chi connectivity index (χ0n) is 10.9. The van der Waals surface area contributed by atoms with Crippen LogP contribution in [0.2, 0.25) is 0 Å². The fourth-order valence-electron chi connectivity index (χ4n) is 1.76. The molecule has 1 amide bonds. The lowest BCUT2D eigenvalue weighted by Gasteiger charge is -2.22. The van der Waals surface area contributed by atoms with Crippen LogP contribution < -0.4 is 10.6 Å². The summed E-state index contributed by atoms with van der Waals surface area (Å²) in [6.45, 7) is 2.22. The SMILES string of the molecule is CCN(CCC(=O)O)c1cc(C(N)=O)ccc1[N+](=O)[O-]. The van der Waals surface area contributed by atoms with E-state index in [0.717, 1.165) is 0 Å². The Labute approximate surface area is 114 Å². The van der Waals surface area contributed by atoms with Crippen LogP contribution in [0.25, 0.3) is 0 Å². The minimum atomic E-state index is -1.00. The van der Waals surface area contributed by atoms with Crippen LogP contribution in [0.15, 0.2) is 18.2 Å². The molecule has 0 unspecified atom stereocenters. The molecular weight excluding hydrogens is 266 g/mol. The van der Waals surface area contributed by atoms with Gasteiger partial charge < -0.3 is 15.7 Å². The summed E-state index contributed by atoms with van der Waals surface area (Å²) in [7, 11) is 0. The molecule has 0 atom stereocenters. The monoisotopic (exact) mass is 281 g/mol. The highest BCUT2D eigenvalue weighted by atomic mass is 16.6. The highest BCUT2D eigenvalue weighted by Gasteiger charge is 2.20. The van der Waals surface area contributed by atoms with Crippen LogP contribution in [-0.4, -0.2) is 35.0 Å². The van der Waals surface area contributed by atoms with E-state index in [-0.39, 0.29) is 29.9 Å². The largest absolute Gasteiger partial charge is 0.481 e. The lowest BCUT2D eigenvalue weighted by Crippen LogP contribution is -2.27. The topological polar surface area (TPSA) is 127 Å². The molecule has 3 N–H and O–H groups in total. The van der Waals surface area contributed by atoms with Gasteiger partial charge in [0.05, 0.1) is 11.3 Å². The number of carboxylic acid groups (broad SMARTS) is 1. The smallest absolute Gasteiger partial charge is 0.305 e. The van der Waals surface area contributed by atoms with E-state index in [2.05, 4.69) is 0 Å². The number of benzene rings is 1. The first kappa shape index (κ1) is 15.4. The van der Waals surface area contributed by atoms with Crippen molar-refractivity contribution in [3.8, 4) is 0 Å². The zero-order chi connectivity index (χ0) is 15.3. The summed E-state index contributed by atoms with van der Waals surface area (Å²) in [5.74, 6) is -1.70. The number of amides is 1. The first-order valence-electron chi connectivity index (χ1n) is 5.91. The highest BCUT2D eigenvalue weighted by Crippen LogP contribution is 2.29. The van der Waals surface area contributed by atoms with Gasteiger partial charge in [-0.1, -0.05) is 0 Å². The van der Waals surface area contributed by atoms with Crippen molar-refractivity contribution in [2.45, 2.75) is 13.3 Å². The van der Waals surface area contributed by atoms with Crippen LogP contribution in [0.5, 0.6) is 0 Å². The lowest BCUT2D eigenvalue weighted by molar-refractivity contribution is -0.384. The van der Waals surface area contributed by atoms with Gasteiger partial charge in [-0.15, -0.1) is 0 Å². The average molecular weight is 281 g/mol. The van der Waals surface area contributed by atoms with Gasteiger partial charge in [-0.05, 0) is 19.1 Å². The number of carbonyl (C=O) groups excluding carboxylic acids is 1. The predicted octanol–water partition coefficient (Wildman–Crippen LogP) is 0.995. The lowest BCUT2D eigenvalue weighted by atomic mass is 10.1. The molecule has 0 spiro atoms. The van der Waals surface area contributed by atoms with Gasteiger partial charge in [0.2, 0.25) is 5.91 Å². The molecule has 0 aromatic heterocycles. The van der Waals surface area contributed by atoms with E-state index in [1.165, 1.54) is 23.1 Å². The number of nitrogens with zero attached hydrogens (tertiary/aromatic N) is 2. The minimum Gasteiger partial charge on any atom is -0.481 e. The molecule has 1 aromatic carbocycles. The van der Waals surface area contributed by atoms with Crippen molar-refractivity contribution >= 4 is 23.3 Å². The summed E-state index contributed by atoms with van der Waals surface area (Å²) in [5, 5.41) is 19.7. The Morgan fingerprint density at radius 3 is 2.55 bits per heavy atom. The number of carboxylic acids is 1. The number of nitrogens with two attached hydrogens (primary N) is 1. The molecule has 8 nitrogen and oxygen atoms in total. The molecular formula is C12H15N3O5. The molecule has 0 saturated carbocycles. The molecule has 20 heavy (non-hydrogen) atoms. The number of aliphatic carboxylic acids is 1. The Kier molecular flexibility index (Phi) is 5.01. The van der Waals surface area contributed by atoms with Crippen molar-refractivity contribution in [2.75, 3.05) is 18.0 Å². The minimum absolute atomic E-state index is 0.106. The number of rotatable bonds is 7. The Morgan fingerprint density at radius 2 is 2.10 bits per heavy atom. The Bertz CT molecular complexity index is 544. The fourth-order valence-corrected chi connectivity index (χ4v) is 1.76. The van der Waals surface area contributed by atoms with Gasteiger partial charge in [-0.2, -0.15) is 0 Å². The van der Waals surface area contributed by atoms with Crippen molar-refractivity contribution in [3.63, 3.8) is 0 Å². The average Bonchev–Trinajstić information content (AvgIpc) is 2.38. The van der Waals surface area contributed by atoms with Crippen molar-refractivity contribution in [1.29, 1.82) is 0 Å². The molecule has 0 heterocycles. The molecule has 1 rings (SSSR count). The first-order valence-corrected chi connectivity index (χ1v) is 5.91. The summed E-state index contributed by atoms with van der Waals surface area (Å²) in [6, 6.07) is 3.78. The second kappa shape index (κ2) is 6.50. The maximum atomic E-state index is 11.2. The molecule has 0 fully saturated rings. The number of hydrogen-bond acceptors (Lipinski definition) is 5. The number of hydrogen-bond donors (Lipinski definition) is 2. The van der Waals surface area contributed by atoms with Gasteiger partial charge in [-0.25, -0.2) is 0 Å². The Morgan fingerprint density at radius 1 is 1.45 bits per heavy atom. The second-order valence-corrected chi connectivity index (χ2v) is 4.05. The molecule has 0 saturated heterocycles. The van der Waals surface area contributed by atoms with E-state index in [1.807, 2.05) is 0 Å². The first-order chi connectivity index (χ1) is 9.36. The van der Waals surface area contributed by atoms with Crippen LogP contribution in [-0.2, 0) is 4.79 Å². The Hall–Kier alpha value is -2.64. The van der Waals surface area contributed by atoms with Gasteiger partial charge in [0, 0.05) is 24.7 Å². The van der Waals surface area contributed by atoms with E-state index >= 15 is 0 Å². The van der Waals surface area contributed by atoms with E-state index in [9.17, 15) is 19.7 Å². The molecule has 108 valence electrons. The number of nitro groups is 1. The van der Waals surface area contributed by atoms with E-state index in [4.69, 9.17) is 10.8 Å². The van der Waals surface area contributed by atoms with Crippen LogP contribution in [0.3, 0.4) is 0 Å². The predicted molar refractivity (Wildman–Crippen MR) is 71.8 cm³/mol.